The SMILES string of the molecule is CCOc1cc(C2NC(=O)NC3C2C(=O)NC(=O)N3C)cc(Br)c1OC. The first kappa shape index (κ1) is 18.3. The van der Waals surface area contributed by atoms with Gasteiger partial charge in [-0.05, 0) is 40.5 Å². The van der Waals surface area contributed by atoms with Crippen LogP contribution in [0.1, 0.15) is 18.5 Å². The van der Waals surface area contributed by atoms with Gasteiger partial charge in [0.1, 0.15) is 12.1 Å². The van der Waals surface area contributed by atoms with Crippen molar-refractivity contribution >= 4 is 33.9 Å². The van der Waals surface area contributed by atoms with Crippen molar-refractivity contribution < 1.29 is 23.9 Å². The quantitative estimate of drug-likeness (QED) is 0.672. The van der Waals surface area contributed by atoms with Crippen molar-refractivity contribution in [2.75, 3.05) is 20.8 Å². The number of urea groups is 2. The lowest BCUT2D eigenvalue weighted by atomic mass is 9.86. The van der Waals surface area contributed by atoms with Crippen LogP contribution in [0, 0.1) is 5.92 Å². The predicted molar refractivity (Wildman–Crippen MR) is 94.9 cm³/mol. The van der Waals surface area contributed by atoms with Crippen LogP contribution in [0.15, 0.2) is 16.6 Å². The number of methoxy groups -OCH3 is 1. The van der Waals surface area contributed by atoms with Crippen LogP contribution < -0.4 is 25.4 Å². The van der Waals surface area contributed by atoms with Crippen molar-refractivity contribution in [2.45, 2.75) is 19.1 Å². The summed E-state index contributed by atoms with van der Waals surface area (Å²) in [6.45, 7) is 2.27. The largest absolute Gasteiger partial charge is 0.492 e. The number of imide groups is 1. The molecule has 1 aromatic rings. The monoisotopic (exact) mass is 426 g/mol. The molecule has 0 radical (unpaired) electrons. The maximum absolute atomic E-state index is 12.5. The number of benzene rings is 1. The first-order chi connectivity index (χ1) is 12.4. The molecule has 3 atom stereocenters. The van der Waals surface area contributed by atoms with E-state index in [-0.39, 0.29) is 0 Å². The Hall–Kier alpha value is -2.49. The van der Waals surface area contributed by atoms with E-state index in [2.05, 4.69) is 31.9 Å². The van der Waals surface area contributed by atoms with Crippen molar-refractivity contribution in [3.05, 3.63) is 22.2 Å². The van der Waals surface area contributed by atoms with Gasteiger partial charge >= 0.3 is 12.1 Å². The summed E-state index contributed by atoms with van der Waals surface area (Å²) < 4.78 is 11.6. The third-order valence-corrected chi connectivity index (χ3v) is 5.02. The van der Waals surface area contributed by atoms with Crippen LogP contribution in [-0.2, 0) is 4.79 Å². The Balaban J connectivity index is 2.05. The molecule has 10 heteroatoms. The molecule has 2 fully saturated rings. The lowest BCUT2D eigenvalue weighted by Crippen LogP contribution is -2.71. The normalized spacial score (nSPS) is 25.0. The van der Waals surface area contributed by atoms with Crippen molar-refractivity contribution in [2.24, 2.45) is 5.92 Å². The number of carbonyl (C=O) groups excluding carboxylic acids is 3. The van der Waals surface area contributed by atoms with Crippen LogP contribution in [0.2, 0.25) is 0 Å². The zero-order chi connectivity index (χ0) is 19.0. The average molecular weight is 427 g/mol. The summed E-state index contributed by atoms with van der Waals surface area (Å²) >= 11 is 3.44. The number of nitrogens with one attached hydrogen (secondary N) is 3. The molecule has 0 aromatic heterocycles. The molecule has 0 spiro atoms. The van der Waals surface area contributed by atoms with Crippen molar-refractivity contribution in [3.8, 4) is 11.5 Å². The molecule has 9 nitrogen and oxygen atoms in total. The molecule has 3 rings (SSSR count). The highest BCUT2D eigenvalue weighted by Gasteiger charge is 2.49. The van der Waals surface area contributed by atoms with Crippen LogP contribution in [-0.4, -0.2) is 49.8 Å². The minimum atomic E-state index is -0.744. The molecule has 2 saturated heterocycles. The summed E-state index contributed by atoms with van der Waals surface area (Å²) in [5.74, 6) is -0.150. The van der Waals surface area contributed by atoms with Crippen LogP contribution in [0.25, 0.3) is 0 Å². The number of nitrogens with zero attached hydrogens (tertiary/aromatic N) is 1. The van der Waals surface area contributed by atoms with Gasteiger partial charge in [0.15, 0.2) is 11.5 Å². The van der Waals surface area contributed by atoms with Gasteiger partial charge in [0.05, 0.1) is 24.2 Å². The summed E-state index contributed by atoms with van der Waals surface area (Å²) in [4.78, 5) is 37.8. The first-order valence-corrected chi connectivity index (χ1v) is 8.81. The van der Waals surface area contributed by atoms with Crippen molar-refractivity contribution in [1.82, 2.24) is 20.9 Å². The van der Waals surface area contributed by atoms with E-state index in [0.29, 0.717) is 28.1 Å². The van der Waals surface area contributed by atoms with Gasteiger partial charge in [-0.3, -0.25) is 10.1 Å². The van der Waals surface area contributed by atoms with Crippen LogP contribution in [0.3, 0.4) is 0 Å². The number of carbonyl (C=O) groups is 3. The zero-order valence-electron chi connectivity index (χ0n) is 14.5. The lowest BCUT2D eigenvalue weighted by molar-refractivity contribution is -0.130. The fraction of sp³-hybridized carbons (Fsp3) is 0.438. The van der Waals surface area contributed by atoms with Gasteiger partial charge in [0.25, 0.3) is 0 Å². The molecule has 3 unspecified atom stereocenters. The Morgan fingerprint density at radius 2 is 1.96 bits per heavy atom. The van der Waals surface area contributed by atoms with E-state index in [1.807, 2.05) is 6.92 Å². The molecular formula is C16H19BrN4O5. The number of halogens is 1. The smallest absolute Gasteiger partial charge is 0.325 e. The van der Waals surface area contributed by atoms with E-state index < -0.39 is 36.1 Å². The Kier molecular flexibility index (Phi) is 4.94. The zero-order valence-corrected chi connectivity index (χ0v) is 16.0. The Labute approximate surface area is 158 Å². The number of amides is 5. The van der Waals surface area contributed by atoms with Crippen molar-refractivity contribution in [3.63, 3.8) is 0 Å². The van der Waals surface area contributed by atoms with E-state index in [4.69, 9.17) is 9.47 Å². The molecule has 26 heavy (non-hydrogen) atoms. The molecule has 2 aliphatic rings. The molecule has 5 amide bonds. The van der Waals surface area contributed by atoms with E-state index in [9.17, 15) is 14.4 Å². The first-order valence-electron chi connectivity index (χ1n) is 8.02. The van der Waals surface area contributed by atoms with E-state index >= 15 is 0 Å². The summed E-state index contributed by atoms with van der Waals surface area (Å²) in [5.41, 5.74) is 0.656. The second kappa shape index (κ2) is 7.02. The van der Waals surface area contributed by atoms with E-state index in [1.54, 1.807) is 12.1 Å². The summed E-state index contributed by atoms with van der Waals surface area (Å²) in [7, 11) is 3.05. The number of rotatable bonds is 4. The highest BCUT2D eigenvalue weighted by Crippen LogP contribution is 2.41. The van der Waals surface area contributed by atoms with Gasteiger partial charge in [0, 0.05) is 7.05 Å². The third kappa shape index (κ3) is 3.05. The highest BCUT2D eigenvalue weighted by molar-refractivity contribution is 9.10. The van der Waals surface area contributed by atoms with Crippen LogP contribution in [0.5, 0.6) is 11.5 Å². The molecule has 2 aliphatic heterocycles. The molecule has 0 saturated carbocycles. The maximum atomic E-state index is 12.5. The number of ether oxygens (including phenoxy) is 2. The van der Waals surface area contributed by atoms with Gasteiger partial charge < -0.3 is 25.0 Å². The Bertz CT molecular complexity index is 771. The third-order valence-electron chi connectivity index (χ3n) is 4.43. The van der Waals surface area contributed by atoms with Gasteiger partial charge in [-0.25, -0.2) is 9.59 Å². The Morgan fingerprint density at radius 3 is 2.62 bits per heavy atom. The second-order valence-corrected chi connectivity index (χ2v) is 6.79. The van der Waals surface area contributed by atoms with E-state index in [0.717, 1.165) is 0 Å². The summed E-state index contributed by atoms with van der Waals surface area (Å²) in [6, 6.07) is 1.83. The number of hydrogen-bond acceptors (Lipinski definition) is 5. The molecule has 3 N–H and O–H groups in total. The van der Waals surface area contributed by atoms with Crippen LogP contribution in [0.4, 0.5) is 9.59 Å². The molecule has 1 aromatic carbocycles. The highest BCUT2D eigenvalue weighted by atomic mass is 79.9. The standard InChI is InChI=1S/C16H19BrN4O5/c1-4-26-9-6-7(5-8(17)12(9)25-3)11-10-13(19-15(23)18-11)21(2)16(24)20-14(10)22/h5-6,10-11,13H,4H2,1-3H3,(H2,18,19,23)(H,20,22,24). The van der Waals surface area contributed by atoms with Gasteiger partial charge in [-0.1, -0.05) is 0 Å². The fourth-order valence-electron chi connectivity index (χ4n) is 3.23. The molecule has 0 aliphatic carbocycles. The fourth-order valence-corrected chi connectivity index (χ4v) is 3.86. The molecule has 2 heterocycles. The topological polar surface area (TPSA) is 109 Å². The summed E-state index contributed by atoms with van der Waals surface area (Å²) in [5, 5.41) is 7.71. The van der Waals surface area contributed by atoms with Crippen molar-refractivity contribution in [1.29, 1.82) is 0 Å². The van der Waals surface area contributed by atoms with E-state index in [1.165, 1.54) is 19.1 Å². The Morgan fingerprint density at radius 1 is 1.23 bits per heavy atom. The molecular weight excluding hydrogens is 408 g/mol. The molecule has 140 valence electrons. The number of fused-ring (bicyclic) bond motifs is 1. The summed E-state index contributed by atoms with van der Waals surface area (Å²) in [6.07, 6.45) is -0.744. The lowest BCUT2D eigenvalue weighted by Gasteiger charge is -2.45. The van der Waals surface area contributed by atoms with Gasteiger partial charge in [0.2, 0.25) is 5.91 Å². The van der Waals surface area contributed by atoms with Gasteiger partial charge in [-0.2, -0.15) is 0 Å². The predicted octanol–water partition coefficient (Wildman–Crippen LogP) is 1.33. The maximum Gasteiger partial charge on any atom is 0.325 e. The number of hydrogen-bond donors (Lipinski definition) is 3. The van der Waals surface area contributed by atoms with Crippen LogP contribution >= 0.6 is 15.9 Å². The van der Waals surface area contributed by atoms with Gasteiger partial charge in [-0.15, -0.1) is 0 Å². The second-order valence-electron chi connectivity index (χ2n) is 5.94. The molecule has 0 bridgehead atoms. The minimum Gasteiger partial charge on any atom is -0.492 e. The average Bonchev–Trinajstić information content (AvgIpc) is 2.59. The minimum absolute atomic E-state index is 0.425.